The molecular formula is C16H17ClO3. The highest BCUT2D eigenvalue weighted by Gasteiger charge is 2.06. The van der Waals surface area contributed by atoms with Crippen molar-refractivity contribution in [2.45, 2.75) is 19.6 Å². The van der Waals surface area contributed by atoms with Crippen LogP contribution in [0.25, 0.3) is 0 Å². The molecule has 20 heavy (non-hydrogen) atoms. The smallest absolute Gasteiger partial charge is 0.125 e. The Bertz CT molecular complexity index is 564. The summed E-state index contributed by atoms with van der Waals surface area (Å²) in [5.74, 6) is 1.48. The van der Waals surface area contributed by atoms with Gasteiger partial charge >= 0.3 is 0 Å². The lowest BCUT2D eigenvalue weighted by molar-refractivity contribution is 0.199. The molecule has 0 spiro atoms. The van der Waals surface area contributed by atoms with Gasteiger partial charge in [-0.15, -0.1) is 0 Å². The van der Waals surface area contributed by atoms with Crippen molar-refractivity contribution in [1.29, 1.82) is 0 Å². The number of benzene rings is 2. The van der Waals surface area contributed by atoms with Crippen molar-refractivity contribution in [1.82, 2.24) is 0 Å². The standard InChI is InChI=1S/C16H17ClO3/c1-11(18)12-3-6-15(7-4-12)20-10-13-9-14(17)5-8-16(13)19-2/h3-9,11,18H,10H2,1-2H3/t11-/m0/s1. The van der Waals surface area contributed by atoms with Crippen LogP contribution in [0.3, 0.4) is 0 Å². The maximum Gasteiger partial charge on any atom is 0.125 e. The zero-order valence-electron chi connectivity index (χ0n) is 11.5. The van der Waals surface area contributed by atoms with E-state index in [4.69, 9.17) is 21.1 Å². The van der Waals surface area contributed by atoms with Gasteiger partial charge in [-0.05, 0) is 42.8 Å². The van der Waals surface area contributed by atoms with E-state index in [1.165, 1.54) is 0 Å². The van der Waals surface area contributed by atoms with E-state index in [1.54, 1.807) is 20.1 Å². The Kier molecular flexibility index (Phi) is 4.88. The Morgan fingerprint density at radius 2 is 1.85 bits per heavy atom. The van der Waals surface area contributed by atoms with E-state index in [9.17, 15) is 5.11 Å². The van der Waals surface area contributed by atoms with Crippen molar-refractivity contribution in [3.05, 3.63) is 58.6 Å². The third-order valence-corrected chi connectivity index (χ3v) is 3.23. The summed E-state index contributed by atoms with van der Waals surface area (Å²) < 4.78 is 11.0. The topological polar surface area (TPSA) is 38.7 Å². The molecule has 0 aliphatic rings. The van der Waals surface area contributed by atoms with Crippen LogP contribution in [0.5, 0.6) is 11.5 Å². The molecule has 0 fully saturated rings. The second kappa shape index (κ2) is 6.64. The van der Waals surface area contributed by atoms with Gasteiger partial charge in [0.1, 0.15) is 18.1 Å². The third kappa shape index (κ3) is 3.65. The molecule has 1 N–H and O–H groups in total. The van der Waals surface area contributed by atoms with Gasteiger partial charge < -0.3 is 14.6 Å². The maximum atomic E-state index is 9.45. The van der Waals surface area contributed by atoms with Gasteiger partial charge in [-0.2, -0.15) is 0 Å². The number of aliphatic hydroxyl groups is 1. The fourth-order valence-electron chi connectivity index (χ4n) is 1.86. The molecule has 106 valence electrons. The number of hydrogen-bond acceptors (Lipinski definition) is 3. The second-order valence-corrected chi connectivity index (χ2v) is 4.93. The van der Waals surface area contributed by atoms with E-state index in [0.29, 0.717) is 11.6 Å². The molecule has 2 aromatic carbocycles. The molecule has 0 saturated carbocycles. The lowest BCUT2D eigenvalue weighted by atomic mass is 10.1. The first-order valence-electron chi connectivity index (χ1n) is 6.33. The van der Waals surface area contributed by atoms with Crippen molar-refractivity contribution < 1.29 is 14.6 Å². The monoisotopic (exact) mass is 292 g/mol. The van der Waals surface area contributed by atoms with Crippen LogP contribution in [0, 0.1) is 0 Å². The van der Waals surface area contributed by atoms with Crippen LogP contribution in [0.2, 0.25) is 5.02 Å². The molecule has 0 heterocycles. The summed E-state index contributed by atoms with van der Waals surface area (Å²) in [6.07, 6.45) is -0.475. The number of aliphatic hydroxyl groups excluding tert-OH is 1. The summed E-state index contributed by atoms with van der Waals surface area (Å²) in [7, 11) is 1.62. The Hall–Kier alpha value is -1.71. The molecule has 4 heteroatoms. The van der Waals surface area contributed by atoms with Crippen LogP contribution >= 0.6 is 11.6 Å². The zero-order valence-corrected chi connectivity index (χ0v) is 12.2. The maximum absolute atomic E-state index is 9.45. The van der Waals surface area contributed by atoms with Gasteiger partial charge in [-0.25, -0.2) is 0 Å². The number of methoxy groups -OCH3 is 1. The molecule has 0 saturated heterocycles. The summed E-state index contributed by atoms with van der Waals surface area (Å²) >= 11 is 5.97. The fraction of sp³-hybridized carbons (Fsp3) is 0.250. The van der Waals surface area contributed by atoms with Crippen LogP contribution < -0.4 is 9.47 Å². The molecular weight excluding hydrogens is 276 g/mol. The number of rotatable bonds is 5. The van der Waals surface area contributed by atoms with Gasteiger partial charge in [-0.3, -0.25) is 0 Å². The van der Waals surface area contributed by atoms with E-state index in [0.717, 1.165) is 22.6 Å². The molecule has 0 aliphatic carbocycles. The first-order valence-corrected chi connectivity index (χ1v) is 6.71. The van der Waals surface area contributed by atoms with Gasteiger partial charge in [0.05, 0.1) is 13.2 Å². The molecule has 0 amide bonds. The molecule has 1 atom stereocenters. The van der Waals surface area contributed by atoms with Crippen LogP contribution in [-0.4, -0.2) is 12.2 Å². The number of hydrogen-bond donors (Lipinski definition) is 1. The lowest BCUT2D eigenvalue weighted by Crippen LogP contribution is -1.99. The molecule has 2 aromatic rings. The predicted molar refractivity (Wildman–Crippen MR) is 79.4 cm³/mol. The van der Waals surface area contributed by atoms with Gasteiger partial charge in [0.15, 0.2) is 0 Å². The Morgan fingerprint density at radius 3 is 2.45 bits per heavy atom. The Balaban J connectivity index is 2.06. The van der Waals surface area contributed by atoms with Gasteiger partial charge in [0.25, 0.3) is 0 Å². The number of halogens is 1. The van der Waals surface area contributed by atoms with Crippen LogP contribution in [0.15, 0.2) is 42.5 Å². The average Bonchev–Trinajstić information content (AvgIpc) is 2.45. The summed E-state index contributed by atoms with van der Waals surface area (Å²) in [6, 6.07) is 12.8. The van der Waals surface area contributed by atoms with E-state index >= 15 is 0 Å². The van der Waals surface area contributed by atoms with Crippen LogP contribution in [0.4, 0.5) is 0 Å². The summed E-state index contributed by atoms with van der Waals surface area (Å²) in [5.41, 5.74) is 1.75. The van der Waals surface area contributed by atoms with Crippen molar-refractivity contribution in [2.24, 2.45) is 0 Å². The van der Waals surface area contributed by atoms with E-state index < -0.39 is 6.10 Å². The minimum absolute atomic E-state index is 0.373. The second-order valence-electron chi connectivity index (χ2n) is 4.49. The fourth-order valence-corrected chi connectivity index (χ4v) is 2.06. The minimum Gasteiger partial charge on any atom is -0.496 e. The highest BCUT2D eigenvalue weighted by molar-refractivity contribution is 6.30. The highest BCUT2D eigenvalue weighted by atomic mass is 35.5. The largest absolute Gasteiger partial charge is 0.496 e. The van der Waals surface area contributed by atoms with Gasteiger partial charge in [0.2, 0.25) is 0 Å². The summed E-state index contributed by atoms with van der Waals surface area (Å²) in [4.78, 5) is 0. The molecule has 3 nitrogen and oxygen atoms in total. The van der Waals surface area contributed by atoms with Crippen molar-refractivity contribution in [2.75, 3.05) is 7.11 Å². The van der Waals surface area contributed by atoms with E-state index in [-0.39, 0.29) is 0 Å². The molecule has 0 aliphatic heterocycles. The molecule has 0 radical (unpaired) electrons. The highest BCUT2D eigenvalue weighted by Crippen LogP contribution is 2.25. The van der Waals surface area contributed by atoms with E-state index in [1.807, 2.05) is 36.4 Å². The minimum atomic E-state index is -0.475. The van der Waals surface area contributed by atoms with E-state index in [2.05, 4.69) is 0 Å². The summed E-state index contributed by atoms with van der Waals surface area (Å²) in [5, 5.41) is 10.1. The van der Waals surface area contributed by atoms with Gasteiger partial charge in [-0.1, -0.05) is 23.7 Å². The number of ether oxygens (including phenoxy) is 2. The van der Waals surface area contributed by atoms with Crippen molar-refractivity contribution in [3.63, 3.8) is 0 Å². The van der Waals surface area contributed by atoms with Crippen LogP contribution in [0.1, 0.15) is 24.2 Å². The SMILES string of the molecule is COc1ccc(Cl)cc1COc1ccc([C@H](C)O)cc1. The first kappa shape index (κ1) is 14.7. The molecule has 0 unspecified atom stereocenters. The molecule has 2 rings (SSSR count). The summed E-state index contributed by atoms with van der Waals surface area (Å²) in [6.45, 7) is 2.10. The van der Waals surface area contributed by atoms with Crippen molar-refractivity contribution in [3.8, 4) is 11.5 Å². The lowest BCUT2D eigenvalue weighted by Gasteiger charge is -2.11. The van der Waals surface area contributed by atoms with Crippen molar-refractivity contribution >= 4 is 11.6 Å². The quantitative estimate of drug-likeness (QED) is 0.906. The molecule has 0 aromatic heterocycles. The molecule has 0 bridgehead atoms. The Labute approximate surface area is 123 Å². The normalized spacial score (nSPS) is 12.0. The Morgan fingerprint density at radius 1 is 1.15 bits per heavy atom. The predicted octanol–water partition coefficient (Wildman–Crippen LogP) is 3.98. The first-order chi connectivity index (χ1) is 9.60. The van der Waals surface area contributed by atoms with Gasteiger partial charge in [0, 0.05) is 10.6 Å². The average molecular weight is 293 g/mol. The zero-order chi connectivity index (χ0) is 14.5. The third-order valence-electron chi connectivity index (χ3n) is 3.00. The van der Waals surface area contributed by atoms with Crippen LogP contribution in [-0.2, 0) is 6.61 Å².